The SMILES string of the molecule is Cc1nc(C2CCCN(C(=O)C3CCCC3)C2)nc(C)c1CC(=O)NC1CCCCC1. The number of amides is 2. The molecule has 6 heteroatoms. The predicted octanol–water partition coefficient (Wildman–Crippen LogP) is 3.98. The summed E-state index contributed by atoms with van der Waals surface area (Å²) in [6.07, 6.45) is 12.7. The maximum Gasteiger partial charge on any atom is 0.225 e. The molecular formula is C25H38N4O2. The third-order valence-electron chi connectivity index (χ3n) is 7.55. The normalized spacial score (nSPS) is 23.2. The molecule has 1 atom stereocenters. The molecule has 31 heavy (non-hydrogen) atoms. The topological polar surface area (TPSA) is 75.2 Å². The van der Waals surface area contributed by atoms with Crippen LogP contribution in [-0.4, -0.2) is 45.8 Å². The van der Waals surface area contributed by atoms with Gasteiger partial charge in [-0.3, -0.25) is 9.59 Å². The van der Waals surface area contributed by atoms with E-state index in [1.165, 1.54) is 32.1 Å². The van der Waals surface area contributed by atoms with E-state index in [2.05, 4.69) is 10.2 Å². The van der Waals surface area contributed by atoms with Crippen molar-refractivity contribution in [3.63, 3.8) is 0 Å². The Hall–Kier alpha value is -1.98. The molecule has 2 amide bonds. The van der Waals surface area contributed by atoms with Gasteiger partial charge in [0.2, 0.25) is 11.8 Å². The van der Waals surface area contributed by atoms with E-state index < -0.39 is 0 Å². The van der Waals surface area contributed by atoms with Gasteiger partial charge in [0.15, 0.2) is 0 Å². The first kappa shape index (κ1) is 22.2. The Morgan fingerprint density at radius 1 is 0.903 bits per heavy atom. The van der Waals surface area contributed by atoms with Gasteiger partial charge in [-0.1, -0.05) is 32.1 Å². The second kappa shape index (κ2) is 10.1. The van der Waals surface area contributed by atoms with Gasteiger partial charge in [-0.05, 0) is 52.4 Å². The first-order valence-electron chi connectivity index (χ1n) is 12.4. The van der Waals surface area contributed by atoms with Gasteiger partial charge in [-0.2, -0.15) is 0 Å². The van der Waals surface area contributed by atoms with Crippen molar-refractivity contribution < 1.29 is 9.59 Å². The van der Waals surface area contributed by atoms with E-state index in [0.29, 0.717) is 18.4 Å². The fourth-order valence-corrected chi connectivity index (χ4v) is 5.71. The molecule has 1 unspecified atom stereocenters. The lowest BCUT2D eigenvalue weighted by Gasteiger charge is -2.34. The van der Waals surface area contributed by atoms with Crippen LogP contribution in [0.2, 0.25) is 0 Å². The smallest absolute Gasteiger partial charge is 0.225 e. The van der Waals surface area contributed by atoms with Crippen LogP contribution in [0.1, 0.15) is 99.3 Å². The molecule has 0 aromatic carbocycles. The van der Waals surface area contributed by atoms with Crippen LogP contribution in [0.4, 0.5) is 0 Å². The van der Waals surface area contributed by atoms with Crippen LogP contribution >= 0.6 is 0 Å². The van der Waals surface area contributed by atoms with Crippen molar-refractivity contribution in [3.05, 3.63) is 22.8 Å². The maximum absolute atomic E-state index is 12.9. The highest BCUT2D eigenvalue weighted by atomic mass is 16.2. The lowest BCUT2D eigenvalue weighted by atomic mass is 9.94. The average molecular weight is 427 g/mol. The van der Waals surface area contributed by atoms with Crippen LogP contribution < -0.4 is 5.32 Å². The number of hydrogen-bond acceptors (Lipinski definition) is 4. The van der Waals surface area contributed by atoms with Gasteiger partial charge in [-0.25, -0.2) is 9.97 Å². The number of nitrogens with one attached hydrogen (secondary N) is 1. The largest absolute Gasteiger partial charge is 0.353 e. The first-order valence-corrected chi connectivity index (χ1v) is 12.4. The Balaban J connectivity index is 1.40. The summed E-state index contributed by atoms with van der Waals surface area (Å²) < 4.78 is 0. The Morgan fingerprint density at radius 2 is 1.55 bits per heavy atom. The number of piperidine rings is 1. The van der Waals surface area contributed by atoms with Gasteiger partial charge in [-0.15, -0.1) is 0 Å². The Bertz CT molecular complexity index is 774. The minimum Gasteiger partial charge on any atom is -0.353 e. The summed E-state index contributed by atoms with van der Waals surface area (Å²) in [5.41, 5.74) is 2.76. The molecule has 1 aromatic rings. The van der Waals surface area contributed by atoms with Crippen molar-refractivity contribution in [2.45, 2.75) is 103 Å². The summed E-state index contributed by atoms with van der Waals surface area (Å²) in [5, 5.41) is 3.21. The second-order valence-electron chi connectivity index (χ2n) is 9.92. The molecule has 4 rings (SSSR count). The first-order chi connectivity index (χ1) is 15.0. The fourth-order valence-electron chi connectivity index (χ4n) is 5.71. The van der Waals surface area contributed by atoms with Crippen LogP contribution in [0.25, 0.3) is 0 Å². The van der Waals surface area contributed by atoms with Crippen LogP contribution in [0.15, 0.2) is 0 Å². The van der Waals surface area contributed by atoms with E-state index in [1.807, 2.05) is 13.8 Å². The molecular weight excluding hydrogens is 388 g/mol. The zero-order valence-corrected chi connectivity index (χ0v) is 19.3. The van der Waals surface area contributed by atoms with Crippen LogP contribution in [0.5, 0.6) is 0 Å². The van der Waals surface area contributed by atoms with Gasteiger partial charge < -0.3 is 10.2 Å². The third kappa shape index (κ3) is 5.45. The number of likely N-dealkylation sites (tertiary alicyclic amines) is 1. The molecule has 3 fully saturated rings. The fraction of sp³-hybridized carbons (Fsp3) is 0.760. The average Bonchev–Trinajstić information content (AvgIpc) is 3.31. The zero-order chi connectivity index (χ0) is 21.8. The van der Waals surface area contributed by atoms with Crippen molar-refractivity contribution in [1.82, 2.24) is 20.2 Å². The number of rotatable bonds is 5. The molecule has 1 N–H and O–H groups in total. The number of aryl methyl sites for hydroxylation is 2. The van der Waals surface area contributed by atoms with Gasteiger partial charge in [0, 0.05) is 47.9 Å². The Labute approximate surface area is 186 Å². The molecule has 0 bridgehead atoms. The summed E-state index contributed by atoms with van der Waals surface area (Å²) in [5.74, 6) is 1.69. The highest BCUT2D eigenvalue weighted by molar-refractivity contribution is 5.80. The standard InChI is InChI=1S/C25H38N4O2/c1-17-22(15-23(30)28-21-12-4-3-5-13-21)18(2)27-24(26-17)20-11-8-14-29(16-20)25(31)19-9-6-7-10-19/h19-21H,3-16H2,1-2H3,(H,28,30). The number of aromatic nitrogens is 2. The number of carbonyl (C=O) groups is 2. The Morgan fingerprint density at radius 3 is 2.23 bits per heavy atom. The molecule has 0 radical (unpaired) electrons. The van der Waals surface area contributed by atoms with Gasteiger partial charge in [0.05, 0.1) is 6.42 Å². The molecule has 170 valence electrons. The van der Waals surface area contributed by atoms with E-state index in [4.69, 9.17) is 9.97 Å². The number of carbonyl (C=O) groups excluding carboxylic acids is 2. The monoisotopic (exact) mass is 426 g/mol. The molecule has 3 aliphatic rings. The van der Waals surface area contributed by atoms with E-state index in [9.17, 15) is 9.59 Å². The van der Waals surface area contributed by atoms with Crippen LogP contribution in [-0.2, 0) is 16.0 Å². The highest BCUT2D eigenvalue weighted by Gasteiger charge is 2.32. The molecule has 1 aromatic heterocycles. The summed E-state index contributed by atoms with van der Waals surface area (Å²) in [6.45, 7) is 5.58. The molecule has 2 saturated carbocycles. The summed E-state index contributed by atoms with van der Waals surface area (Å²) >= 11 is 0. The summed E-state index contributed by atoms with van der Waals surface area (Å²) in [6, 6.07) is 0.327. The summed E-state index contributed by atoms with van der Waals surface area (Å²) in [7, 11) is 0. The number of hydrogen-bond donors (Lipinski definition) is 1. The van der Waals surface area contributed by atoms with Gasteiger partial charge in [0.1, 0.15) is 5.82 Å². The van der Waals surface area contributed by atoms with Gasteiger partial charge in [0.25, 0.3) is 0 Å². The molecule has 2 aliphatic carbocycles. The third-order valence-corrected chi connectivity index (χ3v) is 7.55. The van der Waals surface area contributed by atoms with Crippen molar-refractivity contribution in [2.24, 2.45) is 5.92 Å². The molecule has 1 saturated heterocycles. The van der Waals surface area contributed by atoms with Gasteiger partial charge >= 0.3 is 0 Å². The zero-order valence-electron chi connectivity index (χ0n) is 19.3. The lowest BCUT2D eigenvalue weighted by Crippen LogP contribution is -2.42. The minimum atomic E-state index is 0.0838. The lowest BCUT2D eigenvalue weighted by molar-refractivity contribution is -0.136. The van der Waals surface area contributed by atoms with Crippen LogP contribution in [0.3, 0.4) is 0 Å². The quantitative estimate of drug-likeness (QED) is 0.773. The highest BCUT2D eigenvalue weighted by Crippen LogP contribution is 2.31. The second-order valence-corrected chi connectivity index (χ2v) is 9.92. The van der Waals surface area contributed by atoms with E-state index in [1.54, 1.807) is 0 Å². The molecule has 6 nitrogen and oxygen atoms in total. The molecule has 0 spiro atoms. The molecule has 1 aliphatic heterocycles. The van der Waals surface area contributed by atoms with Crippen molar-refractivity contribution >= 4 is 11.8 Å². The Kier molecular flexibility index (Phi) is 7.24. The van der Waals surface area contributed by atoms with Crippen molar-refractivity contribution in [2.75, 3.05) is 13.1 Å². The van der Waals surface area contributed by atoms with E-state index in [0.717, 1.165) is 74.4 Å². The van der Waals surface area contributed by atoms with Crippen LogP contribution in [0, 0.1) is 19.8 Å². The van der Waals surface area contributed by atoms with Crippen molar-refractivity contribution in [1.29, 1.82) is 0 Å². The predicted molar refractivity (Wildman–Crippen MR) is 121 cm³/mol. The summed E-state index contributed by atoms with van der Waals surface area (Å²) in [4.78, 5) is 37.2. The van der Waals surface area contributed by atoms with E-state index in [-0.39, 0.29) is 17.7 Å². The molecule has 2 heterocycles. The van der Waals surface area contributed by atoms with Crippen molar-refractivity contribution in [3.8, 4) is 0 Å². The minimum absolute atomic E-state index is 0.0838. The number of nitrogens with zero attached hydrogens (tertiary/aromatic N) is 3. The van der Waals surface area contributed by atoms with E-state index >= 15 is 0 Å². The maximum atomic E-state index is 12.9.